The van der Waals surface area contributed by atoms with E-state index in [-0.39, 0.29) is 36.5 Å². The third kappa shape index (κ3) is 4.80. The fourth-order valence-corrected chi connectivity index (χ4v) is 0.483. The average Bonchev–Trinajstić information content (AvgIpc) is 1.69. The van der Waals surface area contributed by atoms with Crippen molar-refractivity contribution < 1.29 is 36.5 Å². The second-order valence-electron chi connectivity index (χ2n) is 1.55. The van der Waals surface area contributed by atoms with Gasteiger partial charge in [0.25, 0.3) is 0 Å². The van der Waals surface area contributed by atoms with Crippen LogP contribution < -0.4 is 17.0 Å². The van der Waals surface area contributed by atoms with Crippen molar-refractivity contribution in [2.45, 2.75) is 6.92 Å². The van der Waals surface area contributed by atoms with E-state index < -0.39 is 0 Å². The zero-order valence-corrected chi connectivity index (χ0v) is 9.95. The van der Waals surface area contributed by atoms with Crippen molar-refractivity contribution in [3.8, 4) is 0 Å². The first kappa shape index (κ1) is 12.0. The van der Waals surface area contributed by atoms with Crippen LogP contribution in [0.5, 0.6) is 0 Å². The molecule has 0 fully saturated rings. The monoisotopic (exact) mass is 234 g/mol. The van der Waals surface area contributed by atoms with E-state index in [0.29, 0.717) is 0 Å². The summed E-state index contributed by atoms with van der Waals surface area (Å²) in [5, 5.41) is 0. The van der Waals surface area contributed by atoms with Crippen LogP contribution in [0.2, 0.25) is 0 Å². The van der Waals surface area contributed by atoms with Gasteiger partial charge < -0.3 is 17.0 Å². The van der Waals surface area contributed by atoms with E-state index in [4.69, 9.17) is 0 Å². The number of hydrogen-bond donors (Lipinski definition) is 0. The van der Waals surface area contributed by atoms with Gasteiger partial charge >= 0.3 is 0 Å². The molecule has 0 saturated carbocycles. The summed E-state index contributed by atoms with van der Waals surface area (Å²) in [5.41, 5.74) is 1.20. The van der Waals surface area contributed by atoms with Gasteiger partial charge in [0.05, 0.1) is 0 Å². The smallest absolute Gasteiger partial charge is 0 e. The Morgan fingerprint density at radius 2 is 2.00 bits per heavy atom. The number of rotatable bonds is 0. The fourth-order valence-electron chi connectivity index (χ4n) is 0.483. The Hall–Kier alpha value is 0.323. The van der Waals surface area contributed by atoms with Crippen molar-refractivity contribution in [2.75, 3.05) is 0 Å². The number of halogens is 1. The van der Waals surface area contributed by atoms with Gasteiger partial charge in [-0.05, 0) is 18.6 Å². The summed E-state index contributed by atoms with van der Waals surface area (Å²) in [6.45, 7) is 2.03. The van der Waals surface area contributed by atoms with Crippen molar-refractivity contribution >= 4 is 0 Å². The van der Waals surface area contributed by atoms with Gasteiger partial charge in [-0.3, -0.25) is 0 Å². The molecule has 0 amide bonds. The van der Waals surface area contributed by atoms with Gasteiger partial charge in [-0.2, -0.15) is 0 Å². The molecule has 1 radical (unpaired) electrons. The van der Waals surface area contributed by atoms with E-state index in [2.05, 4.69) is 6.07 Å². The summed E-state index contributed by atoms with van der Waals surface area (Å²) in [4.78, 5) is 0. The van der Waals surface area contributed by atoms with Crippen molar-refractivity contribution in [1.82, 2.24) is 0 Å². The molecule has 45 valence electrons. The first-order valence-corrected chi connectivity index (χ1v) is 2.33. The van der Waals surface area contributed by atoms with Gasteiger partial charge in [0.15, 0.2) is 0 Å². The van der Waals surface area contributed by atoms with E-state index >= 15 is 0 Å². The van der Waals surface area contributed by atoms with Gasteiger partial charge in [0.1, 0.15) is 0 Å². The predicted octanol–water partition coefficient (Wildman–Crippen LogP) is -1.20. The van der Waals surface area contributed by atoms with Crippen LogP contribution in [0.1, 0.15) is 5.56 Å². The number of aryl methyl sites for hydroxylation is 1. The Kier molecular flexibility index (Phi) is 8.62. The van der Waals surface area contributed by atoms with Crippen LogP contribution in [0.3, 0.4) is 0 Å². The average molecular weight is 236 g/mol. The molecule has 0 bridgehead atoms. The van der Waals surface area contributed by atoms with Crippen LogP contribution in [0.25, 0.3) is 0 Å². The SMILES string of the molecule is Cc1[c]cccc1.[Br-].[Zn]. The molecule has 0 nitrogen and oxygen atoms in total. The minimum absolute atomic E-state index is 0. The summed E-state index contributed by atoms with van der Waals surface area (Å²) in [6, 6.07) is 10.9. The molecule has 0 unspecified atom stereocenters. The van der Waals surface area contributed by atoms with E-state index in [1.165, 1.54) is 5.56 Å². The molecule has 2 heteroatoms. The van der Waals surface area contributed by atoms with Crippen molar-refractivity contribution in [3.63, 3.8) is 0 Å². The molecular weight excluding hydrogens is 229 g/mol. The van der Waals surface area contributed by atoms with Gasteiger partial charge in [-0.1, -0.05) is 24.3 Å². The zero-order valence-electron chi connectivity index (χ0n) is 5.39. The van der Waals surface area contributed by atoms with Crippen LogP contribution in [-0.2, 0) is 19.5 Å². The maximum absolute atomic E-state index is 3.03. The number of benzene rings is 1. The third-order valence-electron chi connectivity index (χ3n) is 0.865. The molecule has 0 saturated heterocycles. The molecule has 0 N–H and O–H groups in total. The standard InChI is InChI=1S/C7H7.BrH.Zn/c1-7-5-3-2-4-6-7;;/h2-5H,1H3;1H;/p-1. The molecule has 1 rings (SSSR count). The van der Waals surface area contributed by atoms with Gasteiger partial charge in [-0.25, -0.2) is 0 Å². The van der Waals surface area contributed by atoms with Crippen LogP contribution in [-0.4, -0.2) is 0 Å². The minimum Gasteiger partial charge on any atom is -1.00 e. The van der Waals surface area contributed by atoms with Crippen molar-refractivity contribution in [1.29, 1.82) is 0 Å². The molecular formula is C7H7BrZn-. The molecule has 0 aliphatic heterocycles. The Labute approximate surface area is 79.2 Å². The summed E-state index contributed by atoms with van der Waals surface area (Å²) < 4.78 is 0. The molecule has 0 heterocycles. The summed E-state index contributed by atoms with van der Waals surface area (Å²) in [5.74, 6) is 0. The topological polar surface area (TPSA) is 0 Å². The molecule has 0 aromatic heterocycles. The first-order valence-electron chi connectivity index (χ1n) is 2.33. The second kappa shape index (κ2) is 6.44. The minimum atomic E-state index is 0. The quantitative estimate of drug-likeness (QED) is 0.496. The Bertz CT molecular complexity index is 139. The van der Waals surface area contributed by atoms with Crippen LogP contribution in [0.15, 0.2) is 24.3 Å². The van der Waals surface area contributed by atoms with Crippen molar-refractivity contribution in [3.05, 3.63) is 35.9 Å². The molecule has 9 heavy (non-hydrogen) atoms. The molecule has 0 aliphatic rings. The van der Waals surface area contributed by atoms with E-state index in [1.807, 2.05) is 31.2 Å². The summed E-state index contributed by atoms with van der Waals surface area (Å²) in [7, 11) is 0. The van der Waals surface area contributed by atoms with Crippen LogP contribution in [0, 0.1) is 13.0 Å². The van der Waals surface area contributed by atoms with Crippen LogP contribution in [0.4, 0.5) is 0 Å². The fraction of sp³-hybridized carbons (Fsp3) is 0.143. The maximum atomic E-state index is 3.03. The molecule has 1 aromatic carbocycles. The normalized spacial score (nSPS) is 6.78. The van der Waals surface area contributed by atoms with E-state index in [1.54, 1.807) is 0 Å². The van der Waals surface area contributed by atoms with Gasteiger partial charge in [0.2, 0.25) is 0 Å². The predicted molar refractivity (Wildman–Crippen MR) is 30.0 cm³/mol. The largest absolute Gasteiger partial charge is 1.00 e. The molecule has 0 spiro atoms. The first-order chi connectivity index (χ1) is 3.39. The Morgan fingerprint density at radius 1 is 1.33 bits per heavy atom. The van der Waals surface area contributed by atoms with E-state index in [9.17, 15) is 0 Å². The van der Waals surface area contributed by atoms with Gasteiger partial charge in [-0.15, -0.1) is 0 Å². The number of hydrogen-bond acceptors (Lipinski definition) is 0. The third-order valence-corrected chi connectivity index (χ3v) is 0.865. The summed E-state index contributed by atoms with van der Waals surface area (Å²) in [6.07, 6.45) is 0. The molecule has 0 aliphatic carbocycles. The molecule has 0 atom stereocenters. The zero-order chi connectivity index (χ0) is 5.11. The summed E-state index contributed by atoms with van der Waals surface area (Å²) >= 11 is 0. The van der Waals surface area contributed by atoms with Crippen LogP contribution >= 0.6 is 0 Å². The Morgan fingerprint density at radius 3 is 2.22 bits per heavy atom. The molecule has 1 aromatic rings. The second-order valence-corrected chi connectivity index (χ2v) is 1.55. The van der Waals surface area contributed by atoms with Crippen molar-refractivity contribution in [2.24, 2.45) is 0 Å². The Balaban J connectivity index is 0. The van der Waals surface area contributed by atoms with E-state index in [0.717, 1.165) is 0 Å². The maximum Gasteiger partial charge on any atom is 0 e. The van der Waals surface area contributed by atoms with Gasteiger partial charge in [0, 0.05) is 19.5 Å².